The van der Waals surface area contributed by atoms with Crippen LogP contribution < -0.4 is 10.1 Å². The molecule has 4 nitrogen and oxygen atoms in total. The number of ether oxygens (including phenoxy) is 1. The van der Waals surface area contributed by atoms with Crippen LogP contribution in [0, 0.1) is 25.2 Å². The molecule has 1 N–H and O–H groups in total. The van der Waals surface area contributed by atoms with E-state index in [1.165, 1.54) is 0 Å². The third-order valence-electron chi connectivity index (χ3n) is 3.12. The zero-order chi connectivity index (χ0) is 16.1. The van der Waals surface area contributed by atoms with Crippen LogP contribution in [0.2, 0.25) is 0 Å². The Morgan fingerprint density at radius 2 is 1.82 bits per heavy atom. The van der Waals surface area contributed by atoms with E-state index in [0.717, 1.165) is 21.3 Å². The van der Waals surface area contributed by atoms with Gasteiger partial charge < -0.3 is 10.1 Å². The third-order valence-corrected chi connectivity index (χ3v) is 3.57. The number of carbonyl (C=O) groups excluding carboxylic acids is 1. The molecule has 0 fully saturated rings. The number of amides is 1. The summed E-state index contributed by atoms with van der Waals surface area (Å²) in [5.74, 6) is 0.330. The van der Waals surface area contributed by atoms with Gasteiger partial charge in [-0.2, -0.15) is 5.26 Å². The van der Waals surface area contributed by atoms with Crippen molar-refractivity contribution in [3.63, 3.8) is 0 Å². The highest BCUT2D eigenvalue weighted by molar-refractivity contribution is 9.10. The van der Waals surface area contributed by atoms with Crippen LogP contribution in [-0.4, -0.2) is 12.5 Å². The lowest BCUT2D eigenvalue weighted by atomic mass is 10.1. The quantitative estimate of drug-likeness (QED) is 0.899. The number of hydrogen-bond donors (Lipinski definition) is 1. The van der Waals surface area contributed by atoms with Gasteiger partial charge in [0.2, 0.25) is 0 Å². The molecule has 0 saturated carbocycles. The SMILES string of the molecule is Cc1cc(Br)cc(C)c1NC(=O)COc1ccc(C#N)cc1. The van der Waals surface area contributed by atoms with Gasteiger partial charge in [0.25, 0.3) is 5.91 Å². The minimum absolute atomic E-state index is 0.0825. The molecule has 5 heteroatoms. The fourth-order valence-electron chi connectivity index (χ4n) is 2.06. The predicted molar refractivity (Wildman–Crippen MR) is 88.9 cm³/mol. The molecule has 0 heterocycles. The molecule has 0 atom stereocenters. The van der Waals surface area contributed by atoms with Crippen LogP contribution in [0.4, 0.5) is 5.69 Å². The van der Waals surface area contributed by atoms with E-state index in [2.05, 4.69) is 21.2 Å². The lowest BCUT2D eigenvalue weighted by Crippen LogP contribution is -2.21. The fourth-order valence-corrected chi connectivity index (χ4v) is 2.74. The number of hydrogen-bond acceptors (Lipinski definition) is 3. The Bertz CT molecular complexity index is 710. The normalized spacial score (nSPS) is 9.91. The van der Waals surface area contributed by atoms with Gasteiger partial charge in [-0.1, -0.05) is 15.9 Å². The highest BCUT2D eigenvalue weighted by atomic mass is 79.9. The van der Waals surface area contributed by atoms with Crippen LogP contribution in [0.3, 0.4) is 0 Å². The van der Waals surface area contributed by atoms with Crippen molar-refractivity contribution in [2.24, 2.45) is 0 Å². The molecular weight excluding hydrogens is 344 g/mol. The number of anilines is 1. The molecule has 0 saturated heterocycles. The predicted octanol–water partition coefficient (Wildman–Crippen LogP) is 3.96. The number of aryl methyl sites for hydroxylation is 2. The molecule has 0 aromatic heterocycles. The van der Waals surface area contributed by atoms with Gasteiger partial charge in [-0.25, -0.2) is 0 Å². The fraction of sp³-hybridized carbons (Fsp3) is 0.176. The number of halogens is 1. The van der Waals surface area contributed by atoms with Crippen LogP contribution in [-0.2, 0) is 4.79 Å². The maximum atomic E-state index is 12.0. The van der Waals surface area contributed by atoms with E-state index in [-0.39, 0.29) is 12.5 Å². The largest absolute Gasteiger partial charge is 0.484 e. The monoisotopic (exact) mass is 358 g/mol. The zero-order valence-electron chi connectivity index (χ0n) is 12.3. The molecule has 0 aliphatic rings. The average Bonchev–Trinajstić information content (AvgIpc) is 2.49. The second kappa shape index (κ2) is 7.10. The van der Waals surface area contributed by atoms with Crippen molar-refractivity contribution in [2.75, 3.05) is 11.9 Å². The van der Waals surface area contributed by atoms with Gasteiger partial charge in [-0.05, 0) is 61.4 Å². The van der Waals surface area contributed by atoms with Crippen LogP contribution in [0.5, 0.6) is 5.75 Å². The van der Waals surface area contributed by atoms with Gasteiger partial charge in [-0.3, -0.25) is 4.79 Å². The summed E-state index contributed by atoms with van der Waals surface area (Å²) < 4.78 is 6.39. The third kappa shape index (κ3) is 4.09. The van der Waals surface area contributed by atoms with Gasteiger partial charge in [-0.15, -0.1) is 0 Å². The first-order valence-electron chi connectivity index (χ1n) is 6.69. The number of nitrogens with one attached hydrogen (secondary N) is 1. The standard InChI is InChI=1S/C17H15BrN2O2/c1-11-7-14(18)8-12(2)17(11)20-16(21)10-22-15-5-3-13(9-19)4-6-15/h3-8H,10H2,1-2H3,(H,20,21). The minimum atomic E-state index is -0.224. The Morgan fingerprint density at radius 1 is 1.23 bits per heavy atom. The first-order chi connectivity index (χ1) is 10.5. The van der Waals surface area contributed by atoms with Crippen molar-refractivity contribution in [2.45, 2.75) is 13.8 Å². The van der Waals surface area contributed by atoms with E-state index >= 15 is 0 Å². The molecule has 1 amide bonds. The number of nitriles is 1. The molecule has 2 aromatic carbocycles. The molecular formula is C17H15BrN2O2. The molecule has 0 aliphatic carbocycles. The Balaban J connectivity index is 1.97. The first-order valence-corrected chi connectivity index (χ1v) is 7.48. The van der Waals surface area contributed by atoms with Gasteiger partial charge in [0, 0.05) is 10.2 Å². The van der Waals surface area contributed by atoms with E-state index in [4.69, 9.17) is 10.00 Å². The second-order valence-corrected chi connectivity index (χ2v) is 5.80. The molecule has 112 valence electrons. The van der Waals surface area contributed by atoms with Crippen molar-refractivity contribution in [3.8, 4) is 11.8 Å². The summed E-state index contributed by atoms with van der Waals surface area (Å²) in [5.41, 5.74) is 3.33. The van der Waals surface area contributed by atoms with Crippen molar-refractivity contribution in [1.29, 1.82) is 5.26 Å². The average molecular weight is 359 g/mol. The van der Waals surface area contributed by atoms with Crippen molar-refractivity contribution < 1.29 is 9.53 Å². The van der Waals surface area contributed by atoms with Gasteiger partial charge in [0.1, 0.15) is 5.75 Å². The smallest absolute Gasteiger partial charge is 0.262 e. The van der Waals surface area contributed by atoms with Crippen LogP contribution in [0.15, 0.2) is 40.9 Å². The number of rotatable bonds is 4. The maximum Gasteiger partial charge on any atom is 0.262 e. The number of benzene rings is 2. The number of carbonyl (C=O) groups is 1. The minimum Gasteiger partial charge on any atom is -0.484 e. The number of nitrogens with zero attached hydrogens (tertiary/aromatic N) is 1. The van der Waals surface area contributed by atoms with Crippen LogP contribution in [0.1, 0.15) is 16.7 Å². The maximum absolute atomic E-state index is 12.0. The van der Waals surface area contributed by atoms with Gasteiger partial charge >= 0.3 is 0 Å². The molecule has 0 radical (unpaired) electrons. The van der Waals surface area contributed by atoms with E-state index in [1.807, 2.05) is 32.0 Å². The summed E-state index contributed by atoms with van der Waals surface area (Å²) in [4.78, 5) is 12.0. The van der Waals surface area contributed by atoms with E-state index in [1.54, 1.807) is 24.3 Å². The Hall–Kier alpha value is -2.32. The van der Waals surface area contributed by atoms with Gasteiger partial charge in [0.15, 0.2) is 6.61 Å². The molecule has 2 rings (SSSR count). The topological polar surface area (TPSA) is 62.1 Å². The molecule has 0 spiro atoms. The Kier molecular flexibility index (Phi) is 5.18. The Labute approximate surface area is 137 Å². The molecule has 0 unspecified atom stereocenters. The summed E-state index contributed by atoms with van der Waals surface area (Å²) in [6.45, 7) is 3.80. The summed E-state index contributed by atoms with van der Waals surface area (Å²) >= 11 is 3.43. The Morgan fingerprint density at radius 3 is 2.36 bits per heavy atom. The highest BCUT2D eigenvalue weighted by Crippen LogP contribution is 2.25. The summed E-state index contributed by atoms with van der Waals surface area (Å²) in [7, 11) is 0. The first kappa shape index (κ1) is 16.1. The lowest BCUT2D eigenvalue weighted by Gasteiger charge is -2.13. The van der Waals surface area contributed by atoms with Crippen molar-refractivity contribution >= 4 is 27.5 Å². The summed E-state index contributed by atoms with van der Waals surface area (Å²) in [6.07, 6.45) is 0. The van der Waals surface area contributed by atoms with Crippen LogP contribution >= 0.6 is 15.9 Å². The van der Waals surface area contributed by atoms with Crippen LogP contribution in [0.25, 0.3) is 0 Å². The van der Waals surface area contributed by atoms with Crippen molar-refractivity contribution in [3.05, 3.63) is 57.6 Å². The zero-order valence-corrected chi connectivity index (χ0v) is 13.9. The van der Waals surface area contributed by atoms with E-state index in [0.29, 0.717) is 11.3 Å². The lowest BCUT2D eigenvalue weighted by molar-refractivity contribution is -0.118. The highest BCUT2D eigenvalue weighted by Gasteiger charge is 2.09. The molecule has 0 aliphatic heterocycles. The van der Waals surface area contributed by atoms with E-state index in [9.17, 15) is 4.79 Å². The van der Waals surface area contributed by atoms with E-state index < -0.39 is 0 Å². The van der Waals surface area contributed by atoms with Crippen molar-refractivity contribution in [1.82, 2.24) is 0 Å². The summed E-state index contributed by atoms with van der Waals surface area (Å²) in [5, 5.41) is 11.6. The second-order valence-electron chi connectivity index (χ2n) is 4.89. The molecule has 0 bridgehead atoms. The molecule has 22 heavy (non-hydrogen) atoms. The summed E-state index contributed by atoms with van der Waals surface area (Å²) in [6, 6.07) is 12.6. The van der Waals surface area contributed by atoms with Gasteiger partial charge in [0.05, 0.1) is 11.6 Å². The molecule has 2 aromatic rings.